The first kappa shape index (κ1) is 20.4. The average Bonchev–Trinajstić information content (AvgIpc) is 2.31. The van der Waals surface area contributed by atoms with Crippen LogP contribution in [0.5, 0.6) is 0 Å². The van der Waals surface area contributed by atoms with Crippen LogP contribution in [0.4, 0.5) is 0 Å². The van der Waals surface area contributed by atoms with Crippen molar-refractivity contribution in [2.24, 2.45) is 0 Å². The number of carbonyl (C=O) groups is 2. The summed E-state index contributed by atoms with van der Waals surface area (Å²) in [4.78, 5) is 23.2. The Bertz CT molecular complexity index is 314. The van der Waals surface area contributed by atoms with E-state index in [0.29, 0.717) is 20.7 Å². The summed E-state index contributed by atoms with van der Waals surface area (Å²) < 4.78 is 11.4. The molecule has 0 saturated heterocycles. The second-order valence-corrected chi connectivity index (χ2v) is 9.79. The predicted octanol–water partition coefficient (Wildman–Crippen LogP) is 4.06. The van der Waals surface area contributed by atoms with Gasteiger partial charge in [-0.05, 0) is 26.7 Å². The number of hydrogen-bond acceptors (Lipinski definition) is 4. The molecule has 0 heterocycles. The zero-order valence-electron chi connectivity index (χ0n) is 12.6. The van der Waals surface area contributed by atoms with Crippen LogP contribution in [0, 0.1) is 0 Å². The number of halogens is 2. The Morgan fingerprint density at radius 3 is 1.90 bits per heavy atom. The van der Waals surface area contributed by atoms with Gasteiger partial charge in [-0.15, -0.1) is 0 Å². The van der Waals surface area contributed by atoms with Gasteiger partial charge in [0.2, 0.25) is 0 Å². The Hall–Kier alpha value is 0.400. The van der Waals surface area contributed by atoms with Gasteiger partial charge < -0.3 is 9.47 Å². The summed E-state index contributed by atoms with van der Waals surface area (Å²) in [5, 5.41) is 0. The van der Waals surface area contributed by atoms with E-state index in [2.05, 4.69) is 52.1 Å². The molecule has 0 fully saturated rings. The highest BCUT2D eigenvalue weighted by atomic mass is 127. The molecule has 0 aliphatic heterocycles. The van der Waals surface area contributed by atoms with E-state index in [1.807, 2.05) is 6.92 Å². The molecule has 0 saturated carbocycles. The molecule has 20 heavy (non-hydrogen) atoms. The third-order valence-electron chi connectivity index (χ3n) is 2.46. The first-order valence-corrected chi connectivity index (χ1v) is 9.27. The molecule has 0 amide bonds. The molecule has 2 unspecified atom stereocenters. The highest BCUT2D eigenvalue weighted by Gasteiger charge is 2.25. The monoisotopic (exact) mass is 510 g/mol. The van der Waals surface area contributed by atoms with Crippen LogP contribution in [0.1, 0.15) is 53.4 Å². The van der Waals surface area contributed by atoms with Crippen LogP contribution in [0.3, 0.4) is 0 Å². The van der Waals surface area contributed by atoms with Gasteiger partial charge in [0.1, 0.15) is 12.2 Å². The normalized spacial score (nSPS) is 14.5. The van der Waals surface area contributed by atoms with Crippen LogP contribution in [0.2, 0.25) is 0 Å². The second-order valence-electron chi connectivity index (χ2n) is 5.53. The average molecular weight is 510 g/mol. The highest BCUT2D eigenvalue weighted by molar-refractivity contribution is 14.1. The molecule has 6 heteroatoms. The molecule has 0 aromatic carbocycles. The number of carbonyl (C=O) groups excluding carboxylic acids is 2. The van der Waals surface area contributed by atoms with Crippen molar-refractivity contribution in [2.75, 3.05) is 6.61 Å². The first-order valence-electron chi connectivity index (χ1n) is 6.78. The zero-order valence-corrected chi connectivity index (χ0v) is 16.9. The Labute approximate surface area is 149 Å². The molecule has 0 aliphatic rings. The maximum absolute atomic E-state index is 11.7. The van der Waals surface area contributed by atoms with Gasteiger partial charge in [-0.2, -0.15) is 0 Å². The predicted molar refractivity (Wildman–Crippen MR) is 96.6 cm³/mol. The Kier molecular flexibility index (Phi) is 10.4. The van der Waals surface area contributed by atoms with Crippen LogP contribution >= 0.6 is 45.2 Å². The van der Waals surface area contributed by atoms with E-state index in [1.165, 1.54) is 0 Å². The molecular weight excluding hydrogens is 486 g/mol. The van der Waals surface area contributed by atoms with Crippen molar-refractivity contribution in [2.45, 2.75) is 66.8 Å². The lowest BCUT2D eigenvalue weighted by Gasteiger charge is -2.24. The number of hydrogen-bond donors (Lipinski definition) is 0. The number of esters is 2. The zero-order chi connectivity index (χ0) is 15.8. The standard InChI is InChI=1S/C14H24I2O4/c1-10(15)5-7-12(17)19-9-14(3,4)20-13(18)8-6-11(2)16/h10-11H,5-9H2,1-4H3. The van der Waals surface area contributed by atoms with Gasteiger partial charge in [-0.1, -0.05) is 59.0 Å². The van der Waals surface area contributed by atoms with Crippen molar-refractivity contribution in [1.82, 2.24) is 0 Å². The molecule has 0 spiro atoms. The molecule has 4 nitrogen and oxygen atoms in total. The lowest BCUT2D eigenvalue weighted by molar-refractivity contribution is -0.168. The van der Waals surface area contributed by atoms with E-state index in [9.17, 15) is 9.59 Å². The molecule has 118 valence electrons. The lowest BCUT2D eigenvalue weighted by atomic mass is 10.1. The van der Waals surface area contributed by atoms with E-state index in [-0.39, 0.29) is 18.5 Å². The third kappa shape index (κ3) is 12.2. The maximum Gasteiger partial charge on any atom is 0.306 e. The van der Waals surface area contributed by atoms with Gasteiger partial charge in [-0.3, -0.25) is 9.59 Å². The van der Waals surface area contributed by atoms with Crippen LogP contribution < -0.4 is 0 Å². The first-order chi connectivity index (χ1) is 9.12. The fourth-order valence-electron chi connectivity index (χ4n) is 1.35. The second kappa shape index (κ2) is 10.2. The molecule has 0 aromatic heterocycles. The smallest absolute Gasteiger partial charge is 0.306 e. The molecule has 2 atom stereocenters. The minimum absolute atomic E-state index is 0.104. The van der Waals surface area contributed by atoms with Crippen LogP contribution in [-0.2, 0) is 19.1 Å². The van der Waals surface area contributed by atoms with E-state index >= 15 is 0 Å². The van der Waals surface area contributed by atoms with Gasteiger partial charge in [0.25, 0.3) is 0 Å². The summed E-state index contributed by atoms with van der Waals surface area (Å²) >= 11 is 4.55. The van der Waals surface area contributed by atoms with Crippen molar-refractivity contribution in [3.8, 4) is 0 Å². The van der Waals surface area contributed by atoms with E-state index in [0.717, 1.165) is 12.8 Å². The Balaban J connectivity index is 3.99. The molecule has 0 N–H and O–H groups in total. The summed E-state index contributed by atoms with van der Waals surface area (Å²) in [5.41, 5.74) is -0.767. The Morgan fingerprint density at radius 1 is 1.00 bits per heavy atom. The quantitative estimate of drug-likeness (QED) is 0.267. The van der Waals surface area contributed by atoms with Crippen LogP contribution in [0.15, 0.2) is 0 Å². The van der Waals surface area contributed by atoms with Crippen molar-refractivity contribution >= 4 is 57.1 Å². The van der Waals surface area contributed by atoms with Crippen LogP contribution in [0.25, 0.3) is 0 Å². The molecule has 0 aromatic rings. The van der Waals surface area contributed by atoms with Crippen molar-refractivity contribution in [1.29, 1.82) is 0 Å². The maximum atomic E-state index is 11.7. The van der Waals surface area contributed by atoms with E-state index in [1.54, 1.807) is 13.8 Å². The summed E-state index contributed by atoms with van der Waals surface area (Å²) in [6.07, 6.45) is 2.39. The molecule has 0 bridgehead atoms. The van der Waals surface area contributed by atoms with Crippen molar-refractivity contribution in [3.63, 3.8) is 0 Å². The topological polar surface area (TPSA) is 52.6 Å². The van der Waals surface area contributed by atoms with Gasteiger partial charge in [0, 0.05) is 20.7 Å². The third-order valence-corrected chi connectivity index (χ3v) is 3.71. The van der Waals surface area contributed by atoms with Gasteiger partial charge in [0.05, 0.1) is 0 Å². The molecule has 0 radical (unpaired) electrons. The fraction of sp³-hybridized carbons (Fsp3) is 0.857. The SMILES string of the molecule is CC(I)CCC(=O)OCC(C)(C)OC(=O)CCC(C)I. The van der Waals surface area contributed by atoms with Gasteiger partial charge in [0.15, 0.2) is 0 Å². The summed E-state index contributed by atoms with van der Waals surface area (Å²) in [5.74, 6) is -0.478. The van der Waals surface area contributed by atoms with E-state index < -0.39 is 5.60 Å². The highest BCUT2D eigenvalue weighted by Crippen LogP contribution is 2.15. The van der Waals surface area contributed by atoms with Gasteiger partial charge >= 0.3 is 11.9 Å². The lowest BCUT2D eigenvalue weighted by Crippen LogP contribution is -2.34. The number of ether oxygens (including phenoxy) is 2. The minimum atomic E-state index is -0.767. The van der Waals surface area contributed by atoms with Crippen molar-refractivity contribution < 1.29 is 19.1 Å². The summed E-state index contributed by atoms with van der Waals surface area (Å²) in [6.45, 7) is 7.72. The molecular formula is C14H24I2O4. The number of alkyl halides is 2. The minimum Gasteiger partial charge on any atom is -0.461 e. The van der Waals surface area contributed by atoms with Crippen LogP contribution in [-0.4, -0.2) is 32.0 Å². The van der Waals surface area contributed by atoms with E-state index in [4.69, 9.17) is 9.47 Å². The fourth-order valence-corrected chi connectivity index (χ4v) is 1.97. The largest absolute Gasteiger partial charge is 0.461 e. The van der Waals surface area contributed by atoms with Gasteiger partial charge in [-0.25, -0.2) is 0 Å². The molecule has 0 rings (SSSR count). The summed E-state index contributed by atoms with van der Waals surface area (Å²) in [7, 11) is 0. The number of rotatable bonds is 9. The molecule has 0 aliphatic carbocycles. The Morgan fingerprint density at radius 2 is 1.45 bits per heavy atom. The summed E-state index contributed by atoms with van der Waals surface area (Å²) in [6, 6.07) is 0. The van der Waals surface area contributed by atoms with Crippen molar-refractivity contribution in [3.05, 3.63) is 0 Å².